The van der Waals surface area contributed by atoms with E-state index in [2.05, 4.69) is 43.4 Å². The Hall–Kier alpha value is -1.67. The Balaban J connectivity index is 2.27. The summed E-state index contributed by atoms with van der Waals surface area (Å²) in [6.45, 7) is 4.45. The van der Waals surface area contributed by atoms with Crippen molar-refractivity contribution in [3.63, 3.8) is 0 Å². The van der Waals surface area contributed by atoms with Crippen LogP contribution < -0.4 is 10.1 Å². The van der Waals surface area contributed by atoms with Crippen LogP contribution >= 0.6 is 11.6 Å². The number of rotatable bonds is 6. The van der Waals surface area contributed by atoms with Crippen molar-refractivity contribution in [2.45, 2.75) is 26.3 Å². The molecule has 0 amide bonds. The first kappa shape index (κ1) is 15.7. The van der Waals surface area contributed by atoms with Gasteiger partial charge in [-0.25, -0.2) is 0 Å². The van der Waals surface area contributed by atoms with Gasteiger partial charge >= 0.3 is 0 Å². The number of methoxy groups -OCH3 is 1. The van der Waals surface area contributed by atoms with Crippen LogP contribution in [0.2, 0.25) is 5.02 Å². The van der Waals surface area contributed by atoms with Gasteiger partial charge in [0.1, 0.15) is 5.75 Å². The molecule has 2 nitrogen and oxygen atoms in total. The van der Waals surface area contributed by atoms with Crippen molar-refractivity contribution < 1.29 is 4.74 Å². The minimum absolute atomic E-state index is 0.232. The number of ether oxygens (including phenoxy) is 1. The fourth-order valence-electron chi connectivity index (χ4n) is 2.36. The first-order valence-corrected chi connectivity index (χ1v) is 7.63. The minimum Gasteiger partial charge on any atom is -0.497 e. The molecule has 1 atom stereocenters. The molecule has 0 saturated carbocycles. The van der Waals surface area contributed by atoms with E-state index < -0.39 is 0 Å². The van der Waals surface area contributed by atoms with Crippen LogP contribution in [-0.4, -0.2) is 7.11 Å². The first-order valence-electron chi connectivity index (χ1n) is 7.25. The van der Waals surface area contributed by atoms with Crippen molar-refractivity contribution in [1.29, 1.82) is 0 Å². The number of hydrogen-bond acceptors (Lipinski definition) is 2. The van der Waals surface area contributed by atoms with Crippen molar-refractivity contribution in [2.24, 2.45) is 5.92 Å². The molecule has 0 saturated heterocycles. The van der Waals surface area contributed by atoms with E-state index in [1.807, 2.05) is 24.3 Å². The van der Waals surface area contributed by atoms with Crippen molar-refractivity contribution in [3.8, 4) is 5.75 Å². The predicted octanol–water partition coefficient (Wildman–Crippen LogP) is 5.55. The summed E-state index contributed by atoms with van der Waals surface area (Å²) in [6.07, 6.45) is 1.04. The van der Waals surface area contributed by atoms with E-state index in [1.54, 1.807) is 7.11 Å². The van der Waals surface area contributed by atoms with E-state index in [9.17, 15) is 0 Å². The van der Waals surface area contributed by atoms with Crippen molar-refractivity contribution in [1.82, 2.24) is 0 Å². The molecule has 0 aliphatic carbocycles. The molecule has 2 aromatic rings. The molecule has 0 aliphatic heterocycles. The SMILES string of the molecule is COc1ccc(Cl)c(NC(CC(C)C)c2ccccc2)c1. The molecule has 0 aromatic heterocycles. The topological polar surface area (TPSA) is 21.3 Å². The maximum atomic E-state index is 6.30. The molecule has 112 valence electrons. The summed E-state index contributed by atoms with van der Waals surface area (Å²) in [5, 5.41) is 4.27. The van der Waals surface area contributed by atoms with Gasteiger partial charge in [0.15, 0.2) is 0 Å². The van der Waals surface area contributed by atoms with E-state index >= 15 is 0 Å². The van der Waals surface area contributed by atoms with Crippen molar-refractivity contribution in [2.75, 3.05) is 12.4 Å². The lowest BCUT2D eigenvalue weighted by molar-refractivity contribution is 0.415. The van der Waals surface area contributed by atoms with Gasteiger partial charge in [0.25, 0.3) is 0 Å². The fraction of sp³-hybridized carbons (Fsp3) is 0.333. The average Bonchev–Trinajstić information content (AvgIpc) is 2.49. The van der Waals surface area contributed by atoms with Crippen molar-refractivity contribution >= 4 is 17.3 Å². The van der Waals surface area contributed by atoms with E-state index in [-0.39, 0.29) is 6.04 Å². The molecule has 0 bridgehead atoms. The maximum absolute atomic E-state index is 6.30. The molecule has 3 heteroatoms. The van der Waals surface area contributed by atoms with Gasteiger partial charge in [0, 0.05) is 6.07 Å². The van der Waals surface area contributed by atoms with Crippen LogP contribution in [0.15, 0.2) is 48.5 Å². The normalized spacial score (nSPS) is 12.2. The highest BCUT2D eigenvalue weighted by atomic mass is 35.5. The molecule has 1 N–H and O–H groups in total. The van der Waals surface area contributed by atoms with Crippen LogP contribution in [0.1, 0.15) is 31.9 Å². The lowest BCUT2D eigenvalue weighted by Gasteiger charge is -2.23. The highest BCUT2D eigenvalue weighted by molar-refractivity contribution is 6.33. The molecule has 0 aliphatic rings. The molecule has 0 spiro atoms. The monoisotopic (exact) mass is 303 g/mol. The molecule has 0 radical (unpaired) electrons. The highest BCUT2D eigenvalue weighted by Crippen LogP contribution is 2.32. The predicted molar refractivity (Wildman–Crippen MR) is 90.3 cm³/mol. The van der Waals surface area contributed by atoms with E-state index in [0.717, 1.165) is 17.9 Å². The number of hydrogen-bond donors (Lipinski definition) is 1. The van der Waals surface area contributed by atoms with Gasteiger partial charge in [-0.2, -0.15) is 0 Å². The van der Waals surface area contributed by atoms with Gasteiger partial charge in [-0.05, 0) is 30.0 Å². The molecule has 21 heavy (non-hydrogen) atoms. The Morgan fingerprint density at radius 1 is 1.10 bits per heavy atom. The van der Waals surface area contributed by atoms with E-state index in [0.29, 0.717) is 10.9 Å². The number of anilines is 1. The number of nitrogens with one attached hydrogen (secondary N) is 1. The minimum atomic E-state index is 0.232. The number of benzene rings is 2. The standard InChI is InChI=1S/C18H22ClNO/c1-13(2)11-17(14-7-5-4-6-8-14)20-18-12-15(21-3)9-10-16(18)19/h4-10,12-13,17,20H,11H2,1-3H3. The van der Waals surface area contributed by atoms with Gasteiger partial charge < -0.3 is 10.1 Å². The molecule has 0 fully saturated rings. The highest BCUT2D eigenvalue weighted by Gasteiger charge is 2.15. The van der Waals surface area contributed by atoms with Crippen LogP contribution in [0.5, 0.6) is 5.75 Å². The van der Waals surface area contributed by atoms with Crippen LogP contribution in [0.25, 0.3) is 0 Å². The molecular weight excluding hydrogens is 282 g/mol. The second kappa shape index (κ2) is 7.37. The molecule has 0 heterocycles. The summed E-state index contributed by atoms with van der Waals surface area (Å²) >= 11 is 6.30. The van der Waals surface area contributed by atoms with Gasteiger partial charge in [-0.15, -0.1) is 0 Å². The fourth-order valence-corrected chi connectivity index (χ4v) is 2.54. The molecular formula is C18H22ClNO. The quantitative estimate of drug-likeness (QED) is 0.755. The van der Waals surface area contributed by atoms with E-state index in [4.69, 9.17) is 16.3 Å². The van der Waals surface area contributed by atoms with Gasteiger partial charge in [-0.1, -0.05) is 55.8 Å². The summed E-state index contributed by atoms with van der Waals surface area (Å²) < 4.78 is 5.28. The largest absolute Gasteiger partial charge is 0.497 e. The maximum Gasteiger partial charge on any atom is 0.121 e. The second-order valence-corrected chi connectivity index (χ2v) is 5.99. The third-order valence-corrected chi connectivity index (χ3v) is 3.74. The summed E-state index contributed by atoms with van der Waals surface area (Å²) in [5.74, 6) is 1.39. The van der Waals surface area contributed by atoms with Crippen LogP contribution in [0, 0.1) is 5.92 Å². The molecule has 2 aromatic carbocycles. The number of halogens is 1. The third-order valence-electron chi connectivity index (χ3n) is 3.41. The zero-order valence-corrected chi connectivity index (χ0v) is 13.5. The average molecular weight is 304 g/mol. The second-order valence-electron chi connectivity index (χ2n) is 5.58. The summed E-state index contributed by atoms with van der Waals surface area (Å²) in [5.41, 5.74) is 2.18. The van der Waals surface area contributed by atoms with Gasteiger partial charge in [-0.3, -0.25) is 0 Å². The van der Waals surface area contributed by atoms with Crippen LogP contribution in [0.3, 0.4) is 0 Å². The zero-order chi connectivity index (χ0) is 15.2. The Morgan fingerprint density at radius 3 is 2.43 bits per heavy atom. The first-order chi connectivity index (χ1) is 10.1. The Morgan fingerprint density at radius 2 is 1.81 bits per heavy atom. The Labute approximate surface area is 132 Å². The molecule has 2 rings (SSSR count). The lowest BCUT2D eigenvalue weighted by atomic mass is 9.96. The lowest BCUT2D eigenvalue weighted by Crippen LogP contribution is -2.13. The summed E-state index contributed by atoms with van der Waals surface area (Å²) in [4.78, 5) is 0. The molecule has 1 unspecified atom stereocenters. The van der Waals surface area contributed by atoms with Crippen LogP contribution in [0.4, 0.5) is 5.69 Å². The van der Waals surface area contributed by atoms with E-state index in [1.165, 1.54) is 5.56 Å². The summed E-state index contributed by atoms with van der Waals surface area (Å²) in [6, 6.07) is 16.4. The van der Waals surface area contributed by atoms with Gasteiger partial charge in [0.2, 0.25) is 0 Å². The Bertz CT molecular complexity index is 569. The van der Waals surface area contributed by atoms with Crippen LogP contribution in [-0.2, 0) is 0 Å². The third kappa shape index (κ3) is 4.40. The van der Waals surface area contributed by atoms with Crippen molar-refractivity contribution in [3.05, 3.63) is 59.1 Å². The summed E-state index contributed by atoms with van der Waals surface area (Å²) in [7, 11) is 1.66. The Kier molecular flexibility index (Phi) is 5.51. The smallest absolute Gasteiger partial charge is 0.121 e. The zero-order valence-electron chi connectivity index (χ0n) is 12.8. The van der Waals surface area contributed by atoms with Gasteiger partial charge in [0.05, 0.1) is 23.9 Å².